The van der Waals surface area contributed by atoms with Gasteiger partial charge in [-0.05, 0) is 57.2 Å². The molecule has 35 heavy (non-hydrogen) atoms. The molecule has 1 N–H and O–H groups in total. The first-order valence-corrected chi connectivity index (χ1v) is 11.4. The van der Waals surface area contributed by atoms with Gasteiger partial charge in [0.25, 0.3) is 0 Å². The SMILES string of the molecule is CCOC(=O)c1c(C)oc2nc(Nc3ccc(Cl)cc3)n3c(COc4ccc(C)cc4)nnc3c12. The summed E-state index contributed by atoms with van der Waals surface area (Å²) in [5.41, 5.74) is 2.79. The molecule has 5 rings (SSSR count). The Kier molecular flexibility index (Phi) is 6.00. The van der Waals surface area contributed by atoms with Gasteiger partial charge < -0.3 is 19.2 Å². The fraction of sp³-hybridized carbons (Fsp3) is 0.200. The second-order valence-corrected chi connectivity index (χ2v) is 8.31. The Bertz CT molecular complexity index is 1520. The minimum Gasteiger partial charge on any atom is -0.486 e. The summed E-state index contributed by atoms with van der Waals surface area (Å²) < 4.78 is 18.8. The van der Waals surface area contributed by atoms with E-state index in [4.69, 9.17) is 25.5 Å². The van der Waals surface area contributed by atoms with Crippen molar-refractivity contribution < 1.29 is 18.7 Å². The molecule has 3 heterocycles. The number of esters is 1. The molecule has 178 valence electrons. The van der Waals surface area contributed by atoms with Crippen molar-refractivity contribution in [1.29, 1.82) is 0 Å². The number of ether oxygens (including phenoxy) is 2. The van der Waals surface area contributed by atoms with Crippen molar-refractivity contribution in [3.63, 3.8) is 0 Å². The molecule has 0 saturated heterocycles. The van der Waals surface area contributed by atoms with Crippen LogP contribution in [0.4, 0.5) is 11.6 Å². The van der Waals surface area contributed by atoms with Gasteiger partial charge in [0.1, 0.15) is 29.1 Å². The minimum atomic E-state index is -0.508. The molecule has 0 amide bonds. The summed E-state index contributed by atoms with van der Waals surface area (Å²) in [6, 6.07) is 14.9. The highest BCUT2D eigenvalue weighted by Gasteiger charge is 2.27. The molecular weight excluding hydrogens is 470 g/mol. The molecule has 3 aromatic heterocycles. The third-order valence-corrected chi connectivity index (χ3v) is 5.66. The van der Waals surface area contributed by atoms with Crippen molar-refractivity contribution in [2.75, 3.05) is 11.9 Å². The van der Waals surface area contributed by atoms with E-state index in [1.54, 1.807) is 30.4 Å². The highest BCUT2D eigenvalue weighted by Crippen LogP contribution is 2.32. The van der Waals surface area contributed by atoms with Crippen LogP contribution in [0.25, 0.3) is 16.7 Å². The van der Waals surface area contributed by atoms with E-state index in [1.165, 1.54) is 0 Å². The van der Waals surface area contributed by atoms with Crippen LogP contribution in [0.15, 0.2) is 52.9 Å². The summed E-state index contributed by atoms with van der Waals surface area (Å²) in [4.78, 5) is 17.4. The van der Waals surface area contributed by atoms with Crippen molar-refractivity contribution in [1.82, 2.24) is 19.6 Å². The first-order valence-electron chi connectivity index (χ1n) is 11.0. The summed E-state index contributed by atoms with van der Waals surface area (Å²) in [6.45, 7) is 5.80. The Hall–Kier alpha value is -4.11. The zero-order chi connectivity index (χ0) is 24.5. The molecule has 2 aromatic carbocycles. The van der Waals surface area contributed by atoms with Crippen LogP contribution in [0.1, 0.15) is 34.4 Å². The van der Waals surface area contributed by atoms with Crippen LogP contribution in [-0.2, 0) is 11.3 Å². The largest absolute Gasteiger partial charge is 0.486 e. The van der Waals surface area contributed by atoms with Crippen LogP contribution in [-0.4, -0.2) is 32.2 Å². The number of anilines is 2. The molecule has 0 radical (unpaired) electrons. The van der Waals surface area contributed by atoms with Crippen molar-refractivity contribution in [3.8, 4) is 5.75 Å². The fourth-order valence-corrected chi connectivity index (χ4v) is 3.86. The van der Waals surface area contributed by atoms with Crippen molar-refractivity contribution in [2.45, 2.75) is 27.4 Å². The number of aryl methyl sites for hydroxylation is 2. The minimum absolute atomic E-state index is 0.123. The number of fused-ring (bicyclic) bond motifs is 3. The van der Waals surface area contributed by atoms with Gasteiger partial charge in [-0.3, -0.25) is 0 Å². The standard InChI is InChI=1S/C25H22ClN5O4/c1-4-33-24(32)20-15(3)35-23-21(20)22-30-29-19(13-34-18-11-5-14(2)6-12-18)31(22)25(28-23)27-17-9-7-16(26)8-10-17/h5-12H,4,13H2,1-3H3,(H,27,28). The van der Waals surface area contributed by atoms with E-state index >= 15 is 0 Å². The molecule has 0 aliphatic heterocycles. The molecule has 10 heteroatoms. The Morgan fingerprint density at radius 2 is 1.83 bits per heavy atom. The quantitative estimate of drug-likeness (QED) is 0.292. The van der Waals surface area contributed by atoms with Gasteiger partial charge in [0.2, 0.25) is 11.7 Å². The van der Waals surface area contributed by atoms with E-state index in [9.17, 15) is 4.79 Å². The predicted octanol–water partition coefficient (Wildman–Crippen LogP) is 5.64. The lowest BCUT2D eigenvalue weighted by Gasteiger charge is -2.11. The molecule has 0 aliphatic rings. The molecule has 0 fully saturated rings. The average Bonchev–Trinajstić information content (AvgIpc) is 3.41. The normalized spacial score (nSPS) is 11.2. The van der Waals surface area contributed by atoms with E-state index in [1.807, 2.05) is 43.3 Å². The molecule has 0 atom stereocenters. The summed E-state index contributed by atoms with van der Waals surface area (Å²) in [7, 11) is 0. The zero-order valence-corrected chi connectivity index (χ0v) is 20.1. The smallest absolute Gasteiger partial charge is 0.342 e. The number of halogens is 1. The monoisotopic (exact) mass is 491 g/mol. The van der Waals surface area contributed by atoms with Crippen molar-refractivity contribution >= 4 is 46.0 Å². The first kappa shape index (κ1) is 22.7. The number of benzene rings is 2. The molecule has 5 aromatic rings. The van der Waals surface area contributed by atoms with E-state index < -0.39 is 5.97 Å². The van der Waals surface area contributed by atoms with E-state index in [0.717, 1.165) is 11.3 Å². The fourth-order valence-electron chi connectivity index (χ4n) is 3.73. The van der Waals surface area contributed by atoms with E-state index in [-0.39, 0.29) is 24.5 Å². The van der Waals surface area contributed by atoms with Crippen LogP contribution in [0.3, 0.4) is 0 Å². The van der Waals surface area contributed by atoms with Gasteiger partial charge in [0, 0.05) is 10.7 Å². The highest BCUT2D eigenvalue weighted by atomic mass is 35.5. The highest BCUT2D eigenvalue weighted by molar-refractivity contribution is 6.30. The van der Waals surface area contributed by atoms with Gasteiger partial charge in [-0.1, -0.05) is 29.3 Å². The summed E-state index contributed by atoms with van der Waals surface area (Å²) in [6.07, 6.45) is 0. The van der Waals surface area contributed by atoms with Crippen LogP contribution in [0.5, 0.6) is 5.75 Å². The summed E-state index contributed by atoms with van der Waals surface area (Å²) in [5, 5.41) is 13.0. The Labute approximate surface area is 205 Å². The number of carbonyl (C=O) groups is 1. The maximum atomic E-state index is 12.7. The molecule has 0 bridgehead atoms. The molecule has 0 spiro atoms. The maximum Gasteiger partial charge on any atom is 0.342 e. The number of nitrogens with zero attached hydrogens (tertiary/aromatic N) is 4. The molecule has 9 nitrogen and oxygen atoms in total. The topological polar surface area (TPSA) is 104 Å². The van der Waals surface area contributed by atoms with Crippen molar-refractivity contribution in [3.05, 3.63) is 76.3 Å². The zero-order valence-electron chi connectivity index (χ0n) is 19.3. The van der Waals surface area contributed by atoms with Gasteiger partial charge in [0.15, 0.2) is 11.5 Å². The molecular formula is C25H22ClN5O4. The third-order valence-electron chi connectivity index (χ3n) is 5.41. The number of rotatable bonds is 7. The third kappa shape index (κ3) is 4.38. The number of hydrogen-bond donors (Lipinski definition) is 1. The number of carbonyl (C=O) groups excluding carboxylic acids is 1. The number of hydrogen-bond acceptors (Lipinski definition) is 8. The Morgan fingerprint density at radius 3 is 2.54 bits per heavy atom. The number of aromatic nitrogens is 4. The lowest BCUT2D eigenvalue weighted by Crippen LogP contribution is -2.09. The van der Waals surface area contributed by atoms with Crippen LogP contribution < -0.4 is 10.1 Å². The van der Waals surface area contributed by atoms with Crippen LogP contribution in [0.2, 0.25) is 5.02 Å². The van der Waals surface area contributed by atoms with Crippen LogP contribution in [0, 0.1) is 13.8 Å². The molecule has 0 unspecified atom stereocenters. The Balaban J connectivity index is 1.65. The summed E-state index contributed by atoms with van der Waals surface area (Å²) >= 11 is 6.04. The van der Waals surface area contributed by atoms with Gasteiger partial charge in [0.05, 0.1) is 6.61 Å². The van der Waals surface area contributed by atoms with Gasteiger partial charge in [-0.2, -0.15) is 4.98 Å². The van der Waals surface area contributed by atoms with Crippen LogP contribution >= 0.6 is 11.6 Å². The second-order valence-electron chi connectivity index (χ2n) is 7.88. The predicted molar refractivity (Wildman–Crippen MR) is 131 cm³/mol. The van der Waals surface area contributed by atoms with Gasteiger partial charge in [-0.15, -0.1) is 10.2 Å². The number of furan rings is 1. The second kappa shape index (κ2) is 9.27. The average molecular weight is 492 g/mol. The number of nitrogens with one attached hydrogen (secondary N) is 1. The van der Waals surface area contributed by atoms with Crippen molar-refractivity contribution in [2.24, 2.45) is 0 Å². The first-order chi connectivity index (χ1) is 16.9. The van der Waals surface area contributed by atoms with E-state index in [2.05, 4.69) is 20.5 Å². The van der Waals surface area contributed by atoms with Gasteiger partial charge >= 0.3 is 5.97 Å². The van der Waals surface area contributed by atoms with Gasteiger partial charge in [-0.25, -0.2) is 9.20 Å². The lowest BCUT2D eigenvalue weighted by atomic mass is 10.2. The summed E-state index contributed by atoms with van der Waals surface area (Å²) in [5.74, 6) is 1.45. The molecule has 0 aliphatic carbocycles. The molecule has 0 saturated carbocycles. The Morgan fingerprint density at radius 1 is 1.09 bits per heavy atom. The van der Waals surface area contributed by atoms with E-state index in [0.29, 0.717) is 39.3 Å². The maximum absolute atomic E-state index is 12.7. The lowest BCUT2D eigenvalue weighted by molar-refractivity contribution is 0.0526.